The van der Waals surface area contributed by atoms with Crippen LogP contribution in [0.5, 0.6) is 0 Å². The predicted octanol–water partition coefficient (Wildman–Crippen LogP) is 5.50. The first-order valence-electron chi connectivity index (χ1n) is 10.7. The van der Waals surface area contributed by atoms with E-state index in [-0.39, 0.29) is 0 Å². The molecule has 1 N–H and O–H groups in total. The highest BCUT2D eigenvalue weighted by molar-refractivity contribution is 6.09. The standard InChI is InChI=1S/C26H28N4/c1-18-16-23-25(17-19(18)2)28-24-7-5-4-6-22(24)26(23)27-20-8-10-21(11-9-20)30-14-12-29(3)13-15-30/h4-11,16-17H,12-15H2,1-3H3,(H,27,28). The highest BCUT2D eigenvalue weighted by atomic mass is 15.2. The average molecular weight is 397 g/mol. The van der Waals surface area contributed by atoms with Crippen LogP contribution in [-0.4, -0.2) is 43.1 Å². The Hall–Kier alpha value is -3.11. The summed E-state index contributed by atoms with van der Waals surface area (Å²) in [6.45, 7) is 8.72. The number of nitrogens with one attached hydrogen (secondary N) is 1. The molecule has 152 valence electrons. The van der Waals surface area contributed by atoms with Gasteiger partial charge in [-0.25, -0.2) is 4.98 Å². The molecule has 1 saturated heterocycles. The first kappa shape index (κ1) is 18.9. The number of hydrogen-bond donors (Lipinski definition) is 1. The number of fused-ring (bicyclic) bond motifs is 2. The lowest BCUT2D eigenvalue weighted by Gasteiger charge is -2.34. The highest BCUT2D eigenvalue weighted by Crippen LogP contribution is 2.34. The van der Waals surface area contributed by atoms with Crippen LogP contribution in [0, 0.1) is 13.8 Å². The van der Waals surface area contributed by atoms with Crippen molar-refractivity contribution in [3.63, 3.8) is 0 Å². The maximum absolute atomic E-state index is 4.91. The van der Waals surface area contributed by atoms with Gasteiger partial charge in [-0.3, -0.25) is 0 Å². The average Bonchev–Trinajstić information content (AvgIpc) is 2.76. The van der Waals surface area contributed by atoms with Crippen LogP contribution in [0.1, 0.15) is 11.1 Å². The monoisotopic (exact) mass is 396 g/mol. The summed E-state index contributed by atoms with van der Waals surface area (Å²) < 4.78 is 0. The number of nitrogens with zero attached hydrogens (tertiary/aromatic N) is 3. The molecule has 1 aliphatic heterocycles. The maximum Gasteiger partial charge on any atom is 0.0733 e. The molecule has 0 radical (unpaired) electrons. The topological polar surface area (TPSA) is 31.4 Å². The van der Waals surface area contributed by atoms with Gasteiger partial charge in [0.05, 0.1) is 16.7 Å². The van der Waals surface area contributed by atoms with Gasteiger partial charge in [0.2, 0.25) is 0 Å². The number of anilines is 3. The molecule has 1 aromatic heterocycles. The van der Waals surface area contributed by atoms with Crippen LogP contribution >= 0.6 is 0 Å². The van der Waals surface area contributed by atoms with Gasteiger partial charge in [-0.05, 0) is 74.5 Å². The second kappa shape index (κ2) is 7.62. The van der Waals surface area contributed by atoms with Crippen LogP contribution in [0.3, 0.4) is 0 Å². The van der Waals surface area contributed by atoms with E-state index < -0.39 is 0 Å². The summed E-state index contributed by atoms with van der Waals surface area (Å²) in [5.74, 6) is 0. The third kappa shape index (κ3) is 3.48. The second-order valence-electron chi connectivity index (χ2n) is 8.42. The van der Waals surface area contributed by atoms with E-state index in [1.54, 1.807) is 0 Å². The molecule has 4 nitrogen and oxygen atoms in total. The van der Waals surface area contributed by atoms with Gasteiger partial charge >= 0.3 is 0 Å². The molecule has 5 rings (SSSR count). The van der Waals surface area contributed by atoms with Gasteiger partial charge in [-0.2, -0.15) is 0 Å². The number of likely N-dealkylation sites (N-methyl/N-ethyl adjacent to an activating group) is 1. The molecular weight excluding hydrogens is 368 g/mol. The molecule has 2 heterocycles. The molecule has 4 aromatic rings. The van der Waals surface area contributed by atoms with Gasteiger partial charge in [0.15, 0.2) is 0 Å². The van der Waals surface area contributed by atoms with Gasteiger partial charge in [-0.15, -0.1) is 0 Å². The van der Waals surface area contributed by atoms with E-state index >= 15 is 0 Å². The summed E-state index contributed by atoms with van der Waals surface area (Å²) in [4.78, 5) is 9.76. The van der Waals surface area contributed by atoms with Gasteiger partial charge in [0.25, 0.3) is 0 Å². The summed E-state index contributed by atoms with van der Waals surface area (Å²) in [5.41, 5.74) is 8.14. The lowest BCUT2D eigenvalue weighted by Crippen LogP contribution is -2.44. The molecule has 0 spiro atoms. The largest absolute Gasteiger partial charge is 0.369 e. The third-order valence-corrected chi connectivity index (χ3v) is 6.30. The first-order chi connectivity index (χ1) is 14.6. The Labute approximate surface area is 178 Å². The van der Waals surface area contributed by atoms with Gasteiger partial charge in [0.1, 0.15) is 0 Å². The molecule has 30 heavy (non-hydrogen) atoms. The number of hydrogen-bond acceptors (Lipinski definition) is 4. The summed E-state index contributed by atoms with van der Waals surface area (Å²) >= 11 is 0. The van der Waals surface area contributed by atoms with E-state index in [4.69, 9.17) is 4.98 Å². The van der Waals surface area contributed by atoms with Gasteiger partial charge in [-0.1, -0.05) is 18.2 Å². The van der Waals surface area contributed by atoms with Gasteiger partial charge in [0, 0.05) is 48.3 Å². The van der Waals surface area contributed by atoms with Crippen molar-refractivity contribution in [3.8, 4) is 0 Å². The van der Waals surface area contributed by atoms with Crippen LogP contribution in [0.4, 0.5) is 17.1 Å². The lowest BCUT2D eigenvalue weighted by atomic mass is 10.0. The summed E-state index contributed by atoms with van der Waals surface area (Å²) in [6, 6.07) is 21.7. The molecule has 1 aliphatic rings. The minimum absolute atomic E-state index is 1.02. The molecule has 3 aromatic carbocycles. The van der Waals surface area contributed by atoms with Crippen molar-refractivity contribution in [2.75, 3.05) is 43.4 Å². The van der Waals surface area contributed by atoms with E-state index in [1.165, 1.54) is 22.2 Å². The number of para-hydroxylation sites is 1. The molecular formula is C26H28N4. The van der Waals surface area contributed by atoms with E-state index in [1.807, 2.05) is 0 Å². The number of aromatic nitrogens is 1. The predicted molar refractivity (Wildman–Crippen MR) is 128 cm³/mol. The van der Waals surface area contributed by atoms with E-state index in [0.717, 1.165) is 54.0 Å². The number of rotatable bonds is 3. The molecule has 0 unspecified atom stereocenters. The molecule has 0 bridgehead atoms. The molecule has 0 atom stereocenters. The zero-order chi connectivity index (χ0) is 20.7. The maximum atomic E-state index is 4.91. The zero-order valence-electron chi connectivity index (χ0n) is 17.9. The smallest absolute Gasteiger partial charge is 0.0733 e. The summed E-state index contributed by atoms with van der Waals surface area (Å²) in [7, 11) is 2.19. The van der Waals surface area contributed by atoms with Gasteiger partial charge < -0.3 is 15.1 Å². The fourth-order valence-corrected chi connectivity index (χ4v) is 4.25. The highest BCUT2D eigenvalue weighted by Gasteiger charge is 2.15. The number of pyridine rings is 1. The third-order valence-electron chi connectivity index (χ3n) is 6.30. The SMILES string of the molecule is Cc1cc2nc3ccccc3c(Nc3ccc(N4CCN(C)CC4)cc3)c2cc1C. The Morgan fingerprint density at radius 2 is 1.47 bits per heavy atom. The number of piperazine rings is 1. The Balaban J connectivity index is 1.53. The number of aryl methyl sites for hydroxylation is 2. The molecule has 0 aliphatic carbocycles. The molecule has 0 amide bonds. The van der Waals surface area contributed by atoms with E-state index in [9.17, 15) is 0 Å². The van der Waals surface area contributed by atoms with Crippen LogP contribution in [0.25, 0.3) is 21.8 Å². The first-order valence-corrected chi connectivity index (χ1v) is 10.7. The van der Waals surface area contributed by atoms with Crippen molar-refractivity contribution in [1.29, 1.82) is 0 Å². The quantitative estimate of drug-likeness (QED) is 0.463. The van der Waals surface area contributed by atoms with Crippen molar-refractivity contribution < 1.29 is 0 Å². The van der Waals surface area contributed by atoms with Crippen molar-refractivity contribution in [3.05, 3.63) is 71.8 Å². The van der Waals surface area contributed by atoms with Crippen molar-refractivity contribution in [1.82, 2.24) is 9.88 Å². The van der Waals surface area contributed by atoms with Crippen LogP contribution < -0.4 is 10.2 Å². The minimum atomic E-state index is 1.02. The van der Waals surface area contributed by atoms with E-state index in [2.05, 4.69) is 96.7 Å². The Bertz CT molecular complexity index is 1210. The summed E-state index contributed by atoms with van der Waals surface area (Å²) in [5, 5.41) is 6.02. The normalized spacial score (nSPS) is 15.1. The molecule has 4 heteroatoms. The van der Waals surface area contributed by atoms with Crippen molar-refractivity contribution in [2.24, 2.45) is 0 Å². The lowest BCUT2D eigenvalue weighted by molar-refractivity contribution is 0.313. The fourth-order valence-electron chi connectivity index (χ4n) is 4.25. The Morgan fingerprint density at radius 3 is 2.23 bits per heavy atom. The van der Waals surface area contributed by atoms with Crippen LogP contribution in [0.15, 0.2) is 60.7 Å². The van der Waals surface area contributed by atoms with Crippen molar-refractivity contribution in [2.45, 2.75) is 13.8 Å². The Kier molecular flexibility index (Phi) is 4.80. The summed E-state index contributed by atoms with van der Waals surface area (Å²) in [6.07, 6.45) is 0. The zero-order valence-corrected chi connectivity index (χ0v) is 17.9. The molecule has 0 saturated carbocycles. The molecule has 1 fully saturated rings. The van der Waals surface area contributed by atoms with Crippen molar-refractivity contribution >= 4 is 38.9 Å². The van der Waals surface area contributed by atoms with E-state index in [0.29, 0.717) is 0 Å². The Morgan fingerprint density at radius 1 is 0.767 bits per heavy atom. The van der Waals surface area contributed by atoms with Crippen LogP contribution in [0.2, 0.25) is 0 Å². The van der Waals surface area contributed by atoms with Crippen LogP contribution in [-0.2, 0) is 0 Å². The minimum Gasteiger partial charge on any atom is -0.369 e. The fraction of sp³-hybridized carbons (Fsp3) is 0.269. The second-order valence-corrected chi connectivity index (χ2v) is 8.42. The number of benzene rings is 3.